The minimum absolute atomic E-state index is 0.0540. The molecule has 1 aliphatic heterocycles. The van der Waals surface area contributed by atoms with Crippen LogP contribution in [0, 0.1) is 20.8 Å². The largest absolute Gasteiger partial charge is 0.381 e. The first-order valence-corrected chi connectivity index (χ1v) is 9.99. The molecule has 30 heavy (non-hydrogen) atoms. The summed E-state index contributed by atoms with van der Waals surface area (Å²) in [6, 6.07) is 1.82. The molecule has 0 spiro atoms. The van der Waals surface area contributed by atoms with Crippen LogP contribution in [0.1, 0.15) is 45.9 Å². The summed E-state index contributed by atoms with van der Waals surface area (Å²) in [6.07, 6.45) is 3.22. The number of aromatic nitrogens is 4. The fraction of sp³-hybridized carbons (Fsp3) is 0.429. The van der Waals surface area contributed by atoms with Crippen LogP contribution >= 0.6 is 0 Å². The van der Waals surface area contributed by atoms with Crippen molar-refractivity contribution in [3.8, 4) is 0 Å². The maximum Gasteiger partial charge on any atom is 0.330 e. The molecule has 9 nitrogen and oxygen atoms in total. The maximum absolute atomic E-state index is 12.9. The molecule has 9 heteroatoms. The number of aryl methyl sites for hydroxylation is 2. The Morgan fingerprint density at radius 2 is 1.93 bits per heavy atom. The Bertz CT molecular complexity index is 1200. The fourth-order valence-corrected chi connectivity index (χ4v) is 4.11. The molecule has 0 radical (unpaired) electrons. The highest BCUT2D eigenvalue weighted by molar-refractivity contribution is 5.96. The number of nitrogens with zero attached hydrogens (tertiary/aromatic N) is 4. The van der Waals surface area contributed by atoms with Gasteiger partial charge in [-0.05, 0) is 56.4 Å². The summed E-state index contributed by atoms with van der Waals surface area (Å²) in [7, 11) is 1.73. The summed E-state index contributed by atoms with van der Waals surface area (Å²) in [5.74, 6) is -0.0565. The topological polar surface area (TPSA) is 117 Å². The Hall–Kier alpha value is -3.20. The van der Waals surface area contributed by atoms with E-state index in [2.05, 4.69) is 15.3 Å². The standard InChI is InChI=1S/C21H26N6O3/c1-11-9-15(18(22)28)12(2)13(3)17(11)24-20-23-10-16-19(25-20)27(21(29)26(16)4)14-5-7-30-8-6-14/h9-10,14H,5-8H2,1-4H3,(H2,22,28)(H,23,24,25). The van der Waals surface area contributed by atoms with Gasteiger partial charge in [-0.2, -0.15) is 4.98 Å². The molecular formula is C21H26N6O3. The van der Waals surface area contributed by atoms with Crippen LogP contribution in [0.4, 0.5) is 11.6 Å². The predicted molar refractivity (Wildman–Crippen MR) is 114 cm³/mol. The van der Waals surface area contributed by atoms with Crippen molar-refractivity contribution in [1.29, 1.82) is 0 Å². The van der Waals surface area contributed by atoms with E-state index in [1.165, 1.54) is 0 Å². The molecule has 0 bridgehead atoms. The Morgan fingerprint density at radius 1 is 1.23 bits per heavy atom. The lowest BCUT2D eigenvalue weighted by Gasteiger charge is -2.23. The number of hydrogen-bond donors (Lipinski definition) is 2. The van der Waals surface area contributed by atoms with E-state index in [4.69, 9.17) is 10.5 Å². The van der Waals surface area contributed by atoms with Crippen molar-refractivity contribution in [1.82, 2.24) is 19.1 Å². The number of amides is 1. The first-order valence-electron chi connectivity index (χ1n) is 9.99. The van der Waals surface area contributed by atoms with Gasteiger partial charge in [0.1, 0.15) is 5.52 Å². The van der Waals surface area contributed by atoms with Gasteiger partial charge in [-0.25, -0.2) is 9.78 Å². The number of ether oxygens (including phenoxy) is 1. The maximum atomic E-state index is 12.9. The molecule has 3 N–H and O–H groups in total. The molecule has 1 aromatic carbocycles. The van der Waals surface area contributed by atoms with Crippen molar-refractivity contribution >= 4 is 28.7 Å². The van der Waals surface area contributed by atoms with E-state index in [9.17, 15) is 9.59 Å². The number of fused-ring (bicyclic) bond motifs is 1. The van der Waals surface area contributed by atoms with E-state index in [1.807, 2.05) is 20.8 Å². The van der Waals surface area contributed by atoms with Gasteiger partial charge in [0.2, 0.25) is 11.9 Å². The number of nitrogens with two attached hydrogens (primary N) is 1. The van der Waals surface area contributed by atoms with Gasteiger partial charge in [0.15, 0.2) is 5.65 Å². The highest BCUT2D eigenvalue weighted by Gasteiger charge is 2.23. The van der Waals surface area contributed by atoms with E-state index in [-0.39, 0.29) is 11.7 Å². The number of imidazole rings is 1. The minimum atomic E-state index is -0.451. The summed E-state index contributed by atoms with van der Waals surface area (Å²) in [4.78, 5) is 33.7. The third-order valence-electron chi connectivity index (χ3n) is 5.99. The molecule has 1 aliphatic rings. The second-order valence-corrected chi connectivity index (χ2v) is 7.81. The van der Waals surface area contributed by atoms with Crippen molar-refractivity contribution in [3.63, 3.8) is 0 Å². The zero-order valence-corrected chi connectivity index (χ0v) is 17.7. The number of anilines is 2. The first kappa shape index (κ1) is 20.1. The van der Waals surface area contributed by atoms with E-state index < -0.39 is 5.91 Å². The molecule has 1 saturated heterocycles. The molecule has 0 unspecified atom stereocenters. The van der Waals surface area contributed by atoms with Gasteiger partial charge in [-0.15, -0.1) is 0 Å². The quantitative estimate of drug-likeness (QED) is 0.681. The number of primary amides is 1. The van der Waals surface area contributed by atoms with Crippen molar-refractivity contribution in [2.45, 2.75) is 39.7 Å². The Balaban J connectivity index is 1.79. The van der Waals surface area contributed by atoms with Gasteiger partial charge >= 0.3 is 5.69 Å². The molecule has 1 fully saturated rings. The highest BCUT2D eigenvalue weighted by atomic mass is 16.5. The van der Waals surface area contributed by atoms with E-state index >= 15 is 0 Å². The van der Waals surface area contributed by atoms with Crippen LogP contribution < -0.4 is 16.7 Å². The average molecular weight is 410 g/mol. The zero-order chi connectivity index (χ0) is 21.6. The van der Waals surface area contributed by atoms with Crippen LogP contribution in [0.15, 0.2) is 17.1 Å². The van der Waals surface area contributed by atoms with Crippen LogP contribution in [0.5, 0.6) is 0 Å². The molecule has 2 aromatic heterocycles. The van der Waals surface area contributed by atoms with E-state index in [1.54, 1.807) is 28.4 Å². The first-order chi connectivity index (χ1) is 14.3. The lowest BCUT2D eigenvalue weighted by Crippen LogP contribution is -2.30. The monoisotopic (exact) mass is 410 g/mol. The SMILES string of the molecule is Cc1cc(C(N)=O)c(C)c(C)c1Nc1ncc2c(n1)n(C1CCOCC1)c(=O)n2C. The fourth-order valence-electron chi connectivity index (χ4n) is 4.11. The van der Waals surface area contributed by atoms with Crippen molar-refractivity contribution in [2.24, 2.45) is 12.8 Å². The molecule has 0 aliphatic carbocycles. The summed E-state index contributed by atoms with van der Waals surface area (Å²) in [6.45, 7) is 6.96. The Kier molecular flexibility index (Phi) is 5.07. The van der Waals surface area contributed by atoms with Crippen molar-refractivity contribution < 1.29 is 9.53 Å². The number of nitrogens with one attached hydrogen (secondary N) is 1. The molecule has 4 rings (SSSR count). The molecule has 0 saturated carbocycles. The molecule has 3 heterocycles. The van der Waals surface area contributed by atoms with Gasteiger partial charge < -0.3 is 15.8 Å². The summed E-state index contributed by atoms with van der Waals surface area (Å²) in [5.41, 5.74) is 10.6. The lowest BCUT2D eigenvalue weighted by molar-refractivity contribution is 0.0695. The van der Waals surface area contributed by atoms with Crippen LogP contribution in [-0.2, 0) is 11.8 Å². The second-order valence-electron chi connectivity index (χ2n) is 7.81. The molecule has 3 aromatic rings. The van der Waals surface area contributed by atoms with Crippen LogP contribution in [0.2, 0.25) is 0 Å². The van der Waals surface area contributed by atoms with Crippen molar-refractivity contribution in [3.05, 3.63) is 45.0 Å². The number of benzene rings is 1. The van der Waals surface area contributed by atoms with Gasteiger partial charge in [0.25, 0.3) is 0 Å². The highest BCUT2D eigenvalue weighted by Crippen LogP contribution is 2.29. The van der Waals surface area contributed by atoms with Crippen LogP contribution in [0.3, 0.4) is 0 Å². The third-order valence-corrected chi connectivity index (χ3v) is 5.99. The molecular weight excluding hydrogens is 384 g/mol. The lowest BCUT2D eigenvalue weighted by atomic mass is 9.97. The third kappa shape index (κ3) is 3.24. The number of carbonyl (C=O) groups is 1. The molecule has 158 valence electrons. The predicted octanol–water partition coefficient (Wildman–Crippen LogP) is 2.25. The van der Waals surface area contributed by atoms with Gasteiger partial charge in [0.05, 0.1) is 6.20 Å². The summed E-state index contributed by atoms with van der Waals surface area (Å²) < 4.78 is 8.78. The number of carbonyl (C=O) groups excluding carboxylic acids is 1. The average Bonchev–Trinajstić information content (AvgIpc) is 2.98. The van der Waals surface area contributed by atoms with E-state index in [0.717, 1.165) is 35.2 Å². The smallest absolute Gasteiger partial charge is 0.330 e. The Morgan fingerprint density at radius 3 is 2.60 bits per heavy atom. The zero-order valence-electron chi connectivity index (χ0n) is 17.7. The molecule has 1 amide bonds. The summed E-state index contributed by atoms with van der Waals surface area (Å²) >= 11 is 0. The van der Waals surface area contributed by atoms with Crippen LogP contribution in [0.25, 0.3) is 11.2 Å². The molecule has 0 atom stereocenters. The van der Waals surface area contributed by atoms with Gasteiger partial charge in [0, 0.05) is 37.6 Å². The van der Waals surface area contributed by atoms with Gasteiger partial charge in [-0.1, -0.05) is 0 Å². The van der Waals surface area contributed by atoms with Crippen LogP contribution in [-0.4, -0.2) is 38.2 Å². The van der Waals surface area contributed by atoms with E-state index in [0.29, 0.717) is 35.9 Å². The van der Waals surface area contributed by atoms with Gasteiger partial charge in [-0.3, -0.25) is 13.9 Å². The van der Waals surface area contributed by atoms with Crippen molar-refractivity contribution in [2.75, 3.05) is 18.5 Å². The number of rotatable bonds is 4. The Labute approximate surface area is 173 Å². The minimum Gasteiger partial charge on any atom is -0.381 e. The normalized spacial score (nSPS) is 14.9. The summed E-state index contributed by atoms with van der Waals surface area (Å²) in [5, 5.41) is 3.27. The number of hydrogen-bond acceptors (Lipinski definition) is 6. The second kappa shape index (κ2) is 7.56.